The van der Waals surface area contributed by atoms with E-state index in [1.807, 2.05) is 0 Å². The third-order valence-electron chi connectivity index (χ3n) is 3.31. The monoisotopic (exact) mass is 343 g/mol. The minimum atomic E-state index is -0.524. The van der Waals surface area contributed by atoms with Gasteiger partial charge in [0.25, 0.3) is 5.69 Å². The summed E-state index contributed by atoms with van der Waals surface area (Å²) in [5.41, 5.74) is 5.68. The van der Waals surface area contributed by atoms with Crippen molar-refractivity contribution in [2.75, 3.05) is 11.9 Å². The molecule has 8 heteroatoms. The van der Waals surface area contributed by atoms with Gasteiger partial charge in [-0.3, -0.25) is 19.7 Å². The normalized spacial score (nSPS) is 10.1. The summed E-state index contributed by atoms with van der Waals surface area (Å²) in [6.07, 6.45) is -0.0920. The molecule has 0 aliphatic rings. The molecule has 2 rings (SSSR count). The van der Waals surface area contributed by atoms with Crippen LogP contribution >= 0.6 is 0 Å². The zero-order valence-electron chi connectivity index (χ0n) is 13.3. The number of primary amides is 1. The number of nitrogens with two attached hydrogens (primary N) is 1. The Labute approximate surface area is 143 Å². The molecule has 0 aliphatic carbocycles. The highest BCUT2D eigenvalue weighted by molar-refractivity contribution is 5.94. The number of benzene rings is 2. The number of carbonyl (C=O) groups excluding carboxylic acids is 2. The SMILES string of the molecule is NC(=O)CCOc1ccccc1NC(=O)Cc1ccccc1[N+](=O)[O-]. The number of para-hydroxylation sites is 3. The summed E-state index contributed by atoms with van der Waals surface area (Å²) in [6.45, 7) is 0.0897. The van der Waals surface area contributed by atoms with Gasteiger partial charge in [0.1, 0.15) is 5.75 Å². The molecule has 0 saturated heterocycles. The first-order chi connectivity index (χ1) is 12.0. The molecule has 8 nitrogen and oxygen atoms in total. The smallest absolute Gasteiger partial charge is 0.273 e. The summed E-state index contributed by atoms with van der Waals surface area (Å²) in [5, 5.41) is 13.7. The van der Waals surface area contributed by atoms with Crippen LogP contribution in [0.25, 0.3) is 0 Å². The molecule has 0 heterocycles. The first kappa shape index (κ1) is 17.9. The summed E-state index contributed by atoms with van der Waals surface area (Å²) >= 11 is 0. The van der Waals surface area contributed by atoms with Gasteiger partial charge in [-0.1, -0.05) is 30.3 Å². The molecule has 0 radical (unpaired) electrons. The number of anilines is 1. The number of hydrogen-bond donors (Lipinski definition) is 2. The molecule has 2 aromatic rings. The van der Waals surface area contributed by atoms with Crippen LogP contribution in [0.1, 0.15) is 12.0 Å². The second-order valence-electron chi connectivity index (χ2n) is 5.17. The van der Waals surface area contributed by atoms with Crippen molar-refractivity contribution in [2.24, 2.45) is 5.73 Å². The Morgan fingerprint density at radius 2 is 1.80 bits per heavy atom. The molecule has 2 amide bonds. The van der Waals surface area contributed by atoms with Crippen LogP contribution < -0.4 is 15.8 Å². The lowest BCUT2D eigenvalue weighted by atomic mass is 10.1. The van der Waals surface area contributed by atoms with Gasteiger partial charge in [-0.25, -0.2) is 0 Å². The number of nitrogens with zero attached hydrogens (tertiary/aromatic N) is 1. The molecule has 0 aliphatic heterocycles. The van der Waals surface area contributed by atoms with Gasteiger partial charge in [-0.15, -0.1) is 0 Å². The van der Waals surface area contributed by atoms with E-state index in [9.17, 15) is 19.7 Å². The van der Waals surface area contributed by atoms with E-state index in [2.05, 4.69) is 5.32 Å². The molecular weight excluding hydrogens is 326 g/mol. The Morgan fingerprint density at radius 3 is 2.52 bits per heavy atom. The molecule has 25 heavy (non-hydrogen) atoms. The average Bonchev–Trinajstić information content (AvgIpc) is 2.56. The van der Waals surface area contributed by atoms with E-state index in [1.54, 1.807) is 36.4 Å². The predicted molar refractivity (Wildman–Crippen MR) is 91.2 cm³/mol. The third kappa shape index (κ3) is 5.31. The zero-order valence-corrected chi connectivity index (χ0v) is 13.3. The minimum Gasteiger partial charge on any atom is -0.491 e. The minimum absolute atomic E-state index is 0.0541. The maximum Gasteiger partial charge on any atom is 0.273 e. The van der Waals surface area contributed by atoms with Crippen molar-refractivity contribution in [3.05, 3.63) is 64.2 Å². The summed E-state index contributed by atoms with van der Waals surface area (Å²) in [4.78, 5) is 33.5. The Balaban J connectivity index is 2.06. The first-order valence-corrected chi connectivity index (χ1v) is 7.49. The highest BCUT2D eigenvalue weighted by atomic mass is 16.6. The van der Waals surface area contributed by atoms with Crippen LogP contribution in [-0.4, -0.2) is 23.3 Å². The highest BCUT2D eigenvalue weighted by Gasteiger charge is 2.16. The van der Waals surface area contributed by atoms with Crippen molar-refractivity contribution in [2.45, 2.75) is 12.8 Å². The van der Waals surface area contributed by atoms with Gasteiger partial charge in [-0.05, 0) is 12.1 Å². The molecule has 130 valence electrons. The predicted octanol–water partition coefficient (Wildman–Crippen LogP) is 2.03. The molecule has 0 fully saturated rings. The van der Waals surface area contributed by atoms with E-state index in [4.69, 9.17) is 10.5 Å². The topological polar surface area (TPSA) is 125 Å². The largest absolute Gasteiger partial charge is 0.491 e. The van der Waals surface area contributed by atoms with Gasteiger partial charge < -0.3 is 15.8 Å². The van der Waals surface area contributed by atoms with Gasteiger partial charge in [0.2, 0.25) is 11.8 Å². The van der Waals surface area contributed by atoms with E-state index in [0.717, 1.165) is 0 Å². The van der Waals surface area contributed by atoms with Gasteiger partial charge in [0.15, 0.2) is 0 Å². The zero-order chi connectivity index (χ0) is 18.2. The van der Waals surface area contributed by atoms with Crippen molar-refractivity contribution < 1.29 is 19.2 Å². The molecule has 3 N–H and O–H groups in total. The fourth-order valence-electron chi connectivity index (χ4n) is 2.16. The van der Waals surface area contributed by atoms with E-state index < -0.39 is 16.7 Å². The summed E-state index contributed by atoms with van der Waals surface area (Å²) < 4.78 is 5.44. The molecule has 0 spiro atoms. The second kappa shape index (κ2) is 8.44. The second-order valence-corrected chi connectivity index (χ2v) is 5.17. The van der Waals surface area contributed by atoms with Crippen LogP contribution in [-0.2, 0) is 16.0 Å². The number of hydrogen-bond acceptors (Lipinski definition) is 5. The van der Waals surface area contributed by atoms with Crippen molar-refractivity contribution in [1.29, 1.82) is 0 Å². The van der Waals surface area contributed by atoms with E-state index in [0.29, 0.717) is 17.0 Å². The fraction of sp³-hybridized carbons (Fsp3) is 0.176. The average molecular weight is 343 g/mol. The van der Waals surface area contributed by atoms with Gasteiger partial charge in [0, 0.05) is 11.6 Å². The lowest BCUT2D eigenvalue weighted by Gasteiger charge is -2.12. The van der Waals surface area contributed by atoms with Crippen LogP contribution in [0.3, 0.4) is 0 Å². The van der Waals surface area contributed by atoms with E-state index in [1.165, 1.54) is 12.1 Å². The van der Waals surface area contributed by atoms with Crippen LogP contribution in [0.15, 0.2) is 48.5 Å². The van der Waals surface area contributed by atoms with Crippen molar-refractivity contribution in [1.82, 2.24) is 0 Å². The molecular formula is C17H17N3O5. The van der Waals surface area contributed by atoms with Crippen LogP contribution in [0.2, 0.25) is 0 Å². The molecule has 0 unspecified atom stereocenters. The summed E-state index contributed by atoms with van der Waals surface area (Å²) in [7, 11) is 0. The first-order valence-electron chi connectivity index (χ1n) is 7.49. The fourth-order valence-corrected chi connectivity index (χ4v) is 2.16. The van der Waals surface area contributed by atoms with E-state index >= 15 is 0 Å². The Morgan fingerprint density at radius 1 is 1.12 bits per heavy atom. The number of nitrogens with one attached hydrogen (secondary N) is 1. The Kier molecular flexibility index (Phi) is 6.05. The van der Waals surface area contributed by atoms with Crippen LogP contribution in [0.5, 0.6) is 5.75 Å². The maximum absolute atomic E-state index is 12.2. The van der Waals surface area contributed by atoms with Crippen molar-refractivity contribution >= 4 is 23.2 Å². The number of rotatable bonds is 8. The molecule has 0 saturated carbocycles. The third-order valence-corrected chi connectivity index (χ3v) is 3.31. The quantitative estimate of drug-likeness (QED) is 0.560. The number of carbonyl (C=O) groups is 2. The number of ether oxygens (including phenoxy) is 1. The van der Waals surface area contributed by atoms with Crippen molar-refractivity contribution in [3.8, 4) is 5.75 Å². The molecule has 0 aromatic heterocycles. The molecule has 0 bridgehead atoms. The summed E-state index contributed by atoms with van der Waals surface area (Å²) in [5.74, 6) is -0.516. The van der Waals surface area contributed by atoms with E-state index in [-0.39, 0.29) is 25.1 Å². The van der Waals surface area contributed by atoms with Gasteiger partial charge in [-0.2, -0.15) is 0 Å². The molecule has 0 atom stereocenters. The lowest BCUT2D eigenvalue weighted by molar-refractivity contribution is -0.385. The number of amides is 2. The van der Waals surface area contributed by atoms with Crippen LogP contribution in [0, 0.1) is 10.1 Å². The van der Waals surface area contributed by atoms with Gasteiger partial charge in [0.05, 0.1) is 30.1 Å². The standard InChI is InChI=1S/C17H17N3O5/c18-16(21)9-10-25-15-8-4-2-6-13(15)19-17(22)11-12-5-1-3-7-14(12)20(23)24/h1-8H,9-11H2,(H2,18,21)(H,19,22). The Bertz CT molecular complexity index is 791. The van der Waals surface area contributed by atoms with Gasteiger partial charge >= 0.3 is 0 Å². The number of nitro benzene ring substituents is 1. The Hall–Kier alpha value is -3.42. The maximum atomic E-state index is 12.2. The molecule has 2 aromatic carbocycles. The lowest BCUT2D eigenvalue weighted by Crippen LogP contribution is -2.17. The van der Waals surface area contributed by atoms with Crippen molar-refractivity contribution in [3.63, 3.8) is 0 Å². The summed E-state index contributed by atoms with van der Waals surface area (Å²) in [6, 6.07) is 12.8. The van der Waals surface area contributed by atoms with Crippen LogP contribution in [0.4, 0.5) is 11.4 Å². The number of nitro groups is 1. The highest BCUT2D eigenvalue weighted by Crippen LogP contribution is 2.25.